The molecule has 0 spiro atoms. The zero-order chi connectivity index (χ0) is 62.6. The Morgan fingerprint density at radius 1 is 0.302 bits per heavy atom. The second kappa shape index (κ2) is 69.2. The van der Waals surface area contributed by atoms with Crippen LogP contribution < -0.4 is 0 Å². The Hall–Kier alpha value is -1.71. The Morgan fingerprint density at radius 2 is 0.523 bits per heavy atom. The summed E-state index contributed by atoms with van der Waals surface area (Å²) in [6.07, 6.45) is 81.3. The number of ether oxygens (including phenoxy) is 4. The largest absolute Gasteiger partial charge is 0.477 e. The predicted octanol–water partition coefficient (Wildman–Crippen LogP) is 24.2. The molecule has 9 heteroatoms. The lowest BCUT2D eigenvalue weighted by atomic mass is 10.0. The van der Waals surface area contributed by atoms with Gasteiger partial charge in [-0.2, -0.15) is 0 Å². The molecule has 2 unspecified atom stereocenters. The van der Waals surface area contributed by atoms with E-state index >= 15 is 0 Å². The van der Waals surface area contributed by atoms with Crippen molar-refractivity contribution in [3.05, 3.63) is 0 Å². The van der Waals surface area contributed by atoms with Crippen molar-refractivity contribution in [3.8, 4) is 0 Å². The van der Waals surface area contributed by atoms with Crippen LogP contribution in [-0.2, 0) is 33.3 Å². The van der Waals surface area contributed by atoms with E-state index in [1.165, 1.54) is 353 Å². The maximum atomic E-state index is 13.0. The highest BCUT2D eigenvalue weighted by atomic mass is 16.7. The molecule has 0 amide bonds. The Morgan fingerprint density at radius 3 is 0.744 bits per heavy atom. The van der Waals surface area contributed by atoms with E-state index in [9.17, 15) is 19.5 Å². The van der Waals surface area contributed by atoms with E-state index in [-0.39, 0.29) is 38.2 Å². The van der Waals surface area contributed by atoms with Crippen LogP contribution in [0.3, 0.4) is 0 Å². The van der Waals surface area contributed by atoms with Gasteiger partial charge in [0, 0.05) is 12.8 Å². The Bertz CT molecular complexity index is 1370. The van der Waals surface area contributed by atoms with E-state index in [0.29, 0.717) is 17.4 Å². The van der Waals surface area contributed by atoms with Gasteiger partial charge in [0.15, 0.2) is 6.10 Å². The predicted molar refractivity (Wildman–Crippen MR) is 369 cm³/mol. The molecule has 0 saturated heterocycles. The quantitative estimate of drug-likeness (QED) is 0.0278. The van der Waals surface area contributed by atoms with Gasteiger partial charge in [0.1, 0.15) is 13.2 Å². The summed E-state index contributed by atoms with van der Waals surface area (Å²) in [7, 11) is 6.00. The first-order valence-corrected chi connectivity index (χ1v) is 38.7. The molecule has 0 aliphatic heterocycles. The molecule has 0 aromatic heterocycles. The van der Waals surface area contributed by atoms with Gasteiger partial charge in [-0.3, -0.25) is 9.59 Å². The molecule has 1 N–H and O–H groups in total. The minimum Gasteiger partial charge on any atom is -0.477 e. The fraction of sp³-hybridized carbons (Fsp3) is 0.961. The number of unbranched alkanes of at least 4 members (excludes halogenated alkanes) is 59. The summed E-state index contributed by atoms with van der Waals surface area (Å²) < 4.78 is 23.0. The fourth-order valence-corrected chi connectivity index (χ4v) is 12.2. The van der Waals surface area contributed by atoms with Crippen molar-refractivity contribution >= 4 is 17.9 Å². The third-order valence-corrected chi connectivity index (χ3v) is 18.1. The lowest BCUT2D eigenvalue weighted by Crippen LogP contribution is -2.40. The molecule has 0 fully saturated rings. The molecule has 0 heterocycles. The van der Waals surface area contributed by atoms with E-state index in [1.54, 1.807) is 0 Å². The molecule has 0 aromatic carbocycles. The van der Waals surface area contributed by atoms with Gasteiger partial charge in [-0.1, -0.05) is 393 Å². The minimum absolute atomic E-state index is 0.172. The number of esters is 2. The van der Waals surface area contributed by atoms with E-state index in [4.69, 9.17) is 18.9 Å². The molecule has 0 rings (SSSR count). The zero-order valence-electron chi connectivity index (χ0n) is 58.8. The third kappa shape index (κ3) is 69.8. The first kappa shape index (κ1) is 84.3. The molecule has 0 saturated carbocycles. The Balaban J connectivity index is 3.88. The van der Waals surface area contributed by atoms with E-state index in [1.807, 2.05) is 21.1 Å². The van der Waals surface area contributed by atoms with Crippen molar-refractivity contribution in [1.29, 1.82) is 0 Å². The van der Waals surface area contributed by atoms with Gasteiger partial charge in [-0.05, 0) is 12.8 Å². The van der Waals surface area contributed by atoms with Crippen LogP contribution in [0.15, 0.2) is 0 Å². The maximum absolute atomic E-state index is 13.0. The van der Waals surface area contributed by atoms with Crippen LogP contribution in [0.5, 0.6) is 0 Å². The second-order valence-electron chi connectivity index (χ2n) is 28.0. The van der Waals surface area contributed by atoms with Crippen LogP contribution >= 0.6 is 0 Å². The topological polar surface area (TPSA) is 108 Å². The molecular weight excluding hydrogens is 1070 g/mol. The summed E-state index contributed by atoms with van der Waals surface area (Å²) in [6.45, 7) is 4.97. The standard InChI is InChI=1S/C77H151NO8/c1-6-8-10-12-14-16-18-20-22-24-26-28-29-30-31-32-33-34-35-36-37-38-39-40-41-42-43-44-45-46-47-48-50-52-54-56-58-60-62-64-66-68-75(80)86-73(72-85-77(76(81)82)83-70-69-78(3,4)5)71-84-74(79)67-65-63-61-59-57-55-53-51-49-27-25-23-21-19-17-15-13-11-9-7-2/h73,77H,6-72H2,1-5H3/p+1. The van der Waals surface area contributed by atoms with Gasteiger partial charge in [0.2, 0.25) is 0 Å². The number of carboxylic acid groups (broad SMARTS) is 1. The fourth-order valence-electron chi connectivity index (χ4n) is 12.2. The average Bonchev–Trinajstić information content (AvgIpc) is 3.63. The van der Waals surface area contributed by atoms with Gasteiger partial charge in [0.25, 0.3) is 6.29 Å². The van der Waals surface area contributed by atoms with Gasteiger partial charge >= 0.3 is 17.9 Å². The van der Waals surface area contributed by atoms with Crippen LogP contribution in [0, 0.1) is 0 Å². The third-order valence-electron chi connectivity index (χ3n) is 18.1. The van der Waals surface area contributed by atoms with E-state index in [2.05, 4.69) is 13.8 Å². The van der Waals surface area contributed by atoms with Gasteiger partial charge < -0.3 is 28.5 Å². The number of likely N-dealkylation sites (N-methyl/N-ethyl adjacent to an activating group) is 1. The lowest BCUT2D eigenvalue weighted by molar-refractivity contribution is -0.870. The molecule has 0 aliphatic carbocycles. The lowest BCUT2D eigenvalue weighted by Gasteiger charge is -2.25. The molecule has 0 aromatic rings. The first-order chi connectivity index (χ1) is 42.1. The number of nitrogens with zero attached hydrogens (tertiary/aromatic N) is 1. The molecule has 0 bridgehead atoms. The molecule has 2 atom stereocenters. The van der Waals surface area contributed by atoms with Crippen molar-refractivity contribution in [2.24, 2.45) is 0 Å². The van der Waals surface area contributed by atoms with Gasteiger partial charge in [0.05, 0.1) is 34.4 Å². The van der Waals surface area contributed by atoms with Crippen LogP contribution in [0.25, 0.3) is 0 Å². The second-order valence-corrected chi connectivity index (χ2v) is 28.0. The number of quaternary nitrogens is 1. The maximum Gasteiger partial charge on any atom is 0.361 e. The number of aliphatic carboxylic acids is 1. The molecule has 86 heavy (non-hydrogen) atoms. The number of rotatable bonds is 74. The van der Waals surface area contributed by atoms with Crippen LogP contribution in [0.4, 0.5) is 0 Å². The number of carbonyl (C=O) groups excluding carboxylic acids is 2. The van der Waals surface area contributed by atoms with Crippen molar-refractivity contribution in [1.82, 2.24) is 0 Å². The monoisotopic (exact) mass is 1220 g/mol. The SMILES string of the molecule is CCCCCCCCCCCCCCCCCCCCCCCCCCCCCCCCCCCCCCCCCCCC(=O)OC(COC(=O)CCCCCCCCCCCCCCCCCCCCCC)COC(OCC[N+](C)(C)C)C(=O)O. The molecule has 512 valence electrons. The summed E-state index contributed by atoms with van der Waals surface area (Å²) in [5.74, 6) is -1.96. The Kier molecular flexibility index (Phi) is 67.8. The molecule has 0 aliphatic rings. The summed E-state index contributed by atoms with van der Waals surface area (Å²) in [5.41, 5.74) is 0. The van der Waals surface area contributed by atoms with Gasteiger partial charge in [-0.15, -0.1) is 0 Å². The number of hydrogen-bond acceptors (Lipinski definition) is 7. The van der Waals surface area contributed by atoms with Gasteiger partial charge in [-0.25, -0.2) is 4.79 Å². The minimum atomic E-state index is -1.50. The van der Waals surface area contributed by atoms with Crippen molar-refractivity contribution in [3.63, 3.8) is 0 Å². The first-order valence-electron chi connectivity index (χ1n) is 38.7. The average molecular weight is 1220 g/mol. The smallest absolute Gasteiger partial charge is 0.361 e. The number of carbonyl (C=O) groups is 3. The highest BCUT2D eigenvalue weighted by Crippen LogP contribution is 2.20. The highest BCUT2D eigenvalue weighted by molar-refractivity contribution is 5.71. The number of hydrogen-bond donors (Lipinski definition) is 1. The normalized spacial score (nSPS) is 12.5. The summed E-state index contributed by atoms with van der Waals surface area (Å²) >= 11 is 0. The Labute approximate surface area is 536 Å². The van der Waals surface area contributed by atoms with Crippen LogP contribution in [0.2, 0.25) is 0 Å². The summed E-state index contributed by atoms with van der Waals surface area (Å²) in [5, 5.41) is 9.75. The summed E-state index contributed by atoms with van der Waals surface area (Å²) in [6, 6.07) is 0. The molecule has 9 nitrogen and oxygen atoms in total. The van der Waals surface area contributed by atoms with Crippen molar-refractivity contribution < 1.29 is 42.9 Å². The van der Waals surface area contributed by atoms with E-state index < -0.39 is 18.4 Å². The zero-order valence-corrected chi connectivity index (χ0v) is 58.8. The summed E-state index contributed by atoms with van der Waals surface area (Å²) in [4.78, 5) is 37.6. The molecular formula is C77H152NO8+. The molecule has 0 radical (unpaired) electrons. The van der Waals surface area contributed by atoms with Crippen LogP contribution in [0.1, 0.15) is 418 Å². The number of carboxylic acids is 1. The van der Waals surface area contributed by atoms with E-state index in [0.717, 1.165) is 38.5 Å². The highest BCUT2D eigenvalue weighted by Gasteiger charge is 2.25. The van der Waals surface area contributed by atoms with Crippen molar-refractivity contribution in [2.45, 2.75) is 431 Å². The van der Waals surface area contributed by atoms with Crippen LogP contribution in [-0.4, -0.2) is 87.4 Å². The van der Waals surface area contributed by atoms with Crippen molar-refractivity contribution in [2.75, 3.05) is 47.5 Å².